The van der Waals surface area contributed by atoms with Crippen molar-refractivity contribution in [3.63, 3.8) is 0 Å². The van der Waals surface area contributed by atoms with Gasteiger partial charge in [-0.2, -0.15) is 0 Å². The Balaban J connectivity index is 2.68. The summed E-state index contributed by atoms with van der Waals surface area (Å²) < 4.78 is 25.0. The Morgan fingerprint density at radius 3 is 2.77 bits per heavy atom. The summed E-state index contributed by atoms with van der Waals surface area (Å²) in [6, 6.07) is 0. The van der Waals surface area contributed by atoms with Crippen molar-refractivity contribution in [1.82, 2.24) is 19.9 Å². The van der Waals surface area contributed by atoms with Crippen molar-refractivity contribution >= 4 is 33.8 Å². The summed E-state index contributed by atoms with van der Waals surface area (Å²) in [5.74, 6) is -0.367. The number of alkyl halides is 2. The number of aromatic amines is 1. The fourth-order valence-corrected chi connectivity index (χ4v) is 1.42. The summed E-state index contributed by atoms with van der Waals surface area (Å²) in [6.45, 7) is 0. The number of fused-ring (bicyclic) bond motifs is 1. The van der Waals surface area contributed by atoms with Gasteiger partial charge < -0.3 is 4.98 Å². The summed E-state index contributed by atoms with van der Waals surface area (Å²) in [6.07, 6.45) is -1.31. The average Bonchev–Trinajstić information content (AvgIpc) is 2.49. The molecule has 68 valence electrons. The van der Waals surface area contributed by atoms with E-state index >= 15 is 0 Å². The second kappa shape index (κ2) is 3.13. The van der Waals surface area contributed by atoms with Crippen molar-refractivity contribution < 1.29 is 8.78 Å². The van der Waals surface area contributed by atoms with E-state index in [1.54, 1.807) is 0 Å². The quantitative estimate of drug-likeness (QED) is 0.646. The van der Waals surface area contributed by atoms with Crippen LogP contribution in [0.1, 0.15) is 12.2 Å². The Kier molecular flexibility index (Phi) is 2.10. The maximum Gasteiger partial charge on any atom is 0.295 e. The first-order valence-electron chi connectivity index (χ1n) is 3.32. The van der Waals surface area contributed by atoms with Gasteiger partial charge in [0.1, 0.15) is 15.5 Å². The van der Waals surface area contributed by atoms with Crippen molar-refractivity contribution in [2.75, 3.05) is 0 Å². The topological polar surface area (TPSA) is 54.5 Å². The molecule has 0 atom stereocenters. The van der Waals surface area contributed by atoms with Crippen LogP contribution in [0.15, 0.2) is 6.33 Å². The highest BCUT2D eigenvalue weighted by Gasteiger charge is 2.14. The van der Waals surface area contributed by atoms with Crippen LogP contribution < -0.4 is 0 Å². The zero-order valence-electron chi connectivity index (χ0n) is 6.13. The SMILES string of the molecule is FC(F)c1nc2ncnc(I)c2[nH]1. The van der Waals surface area contributed by atoms with E-state index in [1.807, 2.05) is 22.6 Å². The lowest BCUT2D eigenvalue weighted by Crippen LogP contribution is -1.85. The fraction of sp³-hybridized carbons (Fsp3) is 0.167. The molecular formula is C6H3F2IN4. The lowest BCUT2D eigenvalue weighted by atomic mass is 10.6. The molecule has 2 aromatic heterocycles. The second-order valence-corrected chi connectivity index (χ2v) is 3.31. The van der Waals surface area contributed by atoms with Crippen LogP contribution in [0.4, 0.5) is 8.78 Å². The summed E-state index contributed by atoms with van der Waals surface area (Å²) in [4.78, 5) is 13.7. The van der Waals surface area contributed by atoms with Gasteiger partial charge in [-0.3, -0.25) is 0 Å². The molecule has 0 bridgehead atoms. The highest BCUT2D eigenvalue weighted by Crippen LogP contribution is 2.20. The van der Waals surface area contributed by atoms with Crippen LogP contribution in [0.3, 0.4) is 0 Å². The Morgan fingerprint density at radius 2 is 2.15 bits per heavy atom. The molecule has 0 aliphatic carbocycles. The van der Waals surface area contributed by atoms with Crippen molar-refractivity contribution in [3.05, 3.63) is 15.9 Å². The van der Waals surface area contributed by atoms with E-state index < -0.39 is 6.43 Å². The molecule has 0 radical (unpaired) electrons. The summed E-state index contributed by atoms with van der Waals surface area (Å²) in [7, 11) is 0. The normalized spacial score (nSPS) is 11.4. The predicted molar refractivity (Wildman–Crippen MR) is 49.4 cm³/mol. The van der Waals surface area contributed by atoms with Crippen molar-refractivity contribution in [2.45, 2.75) is 6.43 Å². The molecule has 2 heterocycles. The molecule has 4 nitrogen and oxygen atoms in total. The van der Waals surface area contributed by atoms with Crippen LogP contribution in [0.25, 0.3) is 11.2 Å². The van der Waals surface area contributed by atoms with E-state index in [0.29, 0.717) is 9.22 Å². The molecule has 0 spiro atoms. The minimum atomic E-state index is -2.61. The number of hydrogen-bond acceptors (Lipinski definition) is 3. The molecule has 0 aliphatic rings. The Bertz CT molecular complexity index is 441. The number of nitrogens with one attached hydrogen (secondary N) is 1. The molecular weight excluding hydrogens is 293 g/mol. The van der Waals surface area contributed by atoms with Crippen molar-refractivity contribution in [1.29, 1.82) is 0 Å². The first-order valence-corrected chi connectivity index (χ1v) is 4.40. The molecule has 7 heteroatoms. The van der Waals surface area contributed by atoms with Crippen LogP contribution in [-0.2, 0) is 0 Å². The zero-order chi connectivity index (χ0) is 9.42. The predicted octanol–water partition coefficient (Wildman–Crippen LogP) is 1.90. The van der Waals surface area contributed by atoms with Crippen LogP contribution in [0, 0.1) is 3.70 Å². The molecule has 0 amide bonds. The van der Waals surface area contributed by atoms with Gasteiger partial charge in [0.2, 0.25) is 0 Å². The number of aromatic nitrogens is 4. The van der Waals surface area contributed by atoms with Gasteiger partial charge in [-0.05, 0) is 22.6 Å². The maximum absolute atomic E-state index is 12.2. The largest absolute Gasteiger partial charge is 0.334 e. The van der Waals surface area contributed by atoms with E-state index in [2.05, 4.69) is 19.9 Å². The number of imidazole rings is 1. The number of halogens is 3. The monoisotopic (exact) mass is 296 g/mol. The van der Waals surface area contributed by atoms with Gasteiger partial charge >= 0.3 is 0 Å². The first-order chi connectivity index (χ1) is 6.18. The standard InChI is InChI=1S/C6H3F2IN4/c7-3(8)6-12-2-4(9)10-1-11-5(2)13-6/h1,3H,(H,10,11,12,13). The lowest BCUT2D eigenvalue weighted by Gasteiger charge is -1.89. The van der Waals surface area contributed by atoms with Crippen LogP contribution >= 0.6 is 22.6 Å². The molecule has 2 rings (SSSR count). The molecule has 0 aromatic carbocycles. The van der Waals surface area contributed by atoms with Gasteiger partial charge in [0.15, 0.2) is 11.5 Å². The highest BCUT2D eigenvalue weighted by atomic mass is 127. The third-order valence-corrected chi connectivity index (χ3v) is 2.29. The second-order valence-electron chi connectivity index (χ2n) is 2.29. The summed E-state index contributed by atoms with van der Waals surface area (Å²) in [5.41, 5.74) is 0.730. The Hall–Kier alpha value is -0.860. The molecule has 0 fully saturated rings. The molecule has 0 unspecified atom stereocenters. The van der Waals surface area contributed by atoms with E-state index in [-0.39, 0.29) is 11.5 Å². The van der Waals surface area contributed by atoms with Crippen LogP contribution in [-0.4, -0.2) is 19.9 Å². The average molecular weight is 296 g/mol. The third kappa shape index (κ3) is 1.47. The molecule has 1 N–H and O–H groups in total. The van der Waals surface area contributed by atoms with Gasteiger partial charge in [0, 0.05) is 0 Å². The summed E-state index contributed by atoms with van der Waals surface area (Å²) >= 11 is 1.93. The lowest BCUT2D eigenvalue weighted by molar-refractivity contribution is 0.142. The van der Waals surface area contributed by atoms with Gasteiger partial charge in [0.05, 0.1) is 0 Å². The molecule has 0 saturated carbocycles. The van der Waals surface area contributed by atoms with Gasteiger partial charge in [0.25, 0.3) is 6.43 Å². The minimum Gasteiger partial charge on any atom is -0.334 e. The van der Waals surface area contributed by atoms with Crippen molar-refractivity contribution in [3.8, 4) is 0 Å². The molecule has 0 aliphatic heterocycles. The molecule has 0 saturated heterocycles. The zero-order valence-corrected chi connectivity index (χ0v) is 8.29. The third-order valence-electron chi connectivity index (χ3n) is 1.47. The number of hydrogen-bond donors (Lipinski definition) is 1. The Morgan fingerprint density at radius 1 is 1.38 bits per heavy atom. The number of H-pyrrole nitrogens is 1. The Labute approximate surface area is 84.9 Å². The van der Waals surface area contributed by atoms with E-state index in [4.69, 9.17) is 0 Å². The maximum atomic E-state index is 12.2. The smallest absolute Gasteiger partial charge is 0.295 e. The van der Waals surface area contributed by atoms with E-state index in [1.165, 1.54) is 6.33 Å². The fourth-order valence-electron chi connectivity index (χ4n) is 0.921. The minimum absolute atomic E-state index is 0.273. The van der Waals surface area contributed by atoms with E-state index in [9.17, 15) is 8.78 Å². The number of nitrogens with zero attached hydrogens (tertiary/aromatic N) is 3. The molecule has 2 aromatic rings. The molecule has 13 heavy (non-hydrogen) atoms. The van der Waals surface area contributed by atoms with Crippen LogP contribution in [0.2, 0.25) is 0 Å². The van der Waals surface area contributed by atoms with Gasteiger partial charge in [-0.1, -0.05) is 0 Å². The van der Waals surface area contributed by atoms with Gasteiger partial charge in [-0.25, -0.2) is 23.7 Å². The van der Waals surface area contributed by atoms with Crippen molar-refractivity contribution in [2.24, 2.45) is 0 Å². The van der Waals surface area contributed by atoms with Gasteiger partial charge in [-0.15, -0.1) is 0 Å². The van der Waals surface area contributed by atoms with E-state index in [0.717, 1.165) is 0 Å². The summed E-state index contributed by atoms with van der Waals surface area (Å²) in [5, 5.41) is 0. The first kappa shape index (κ1) is 8.73. The number of rotatable bonds is 1. The highest BCUT2D eigenvalue weighted by molar-refractivity contribution is 14.1. The van der Waals surface area contributed by atoms with Crippen LogP contribution in [0.5, 0.6) is 0 Å².